The number of halogens is 1. The van der Waals surface area contributed by atoms with E-state index >= 15 is 0 Å². The molecule has 0 bridgehead atoms. The topological polar surface area (TPSA) is 49.9 Å². The van der Waals surface area contributed by atoms with E-state index in [-0.39, 0.29) is 24.1 Å². The Kier molecular flexibility index (Phi) is 6.02. The normalized spacial score (nSPS) is 21.2. The van der Waals surface area contributed by atoms with E-state index in [2.05, 4.69) is 0 Å². The highest BCUT2D eigenvalue weighted by Gasteiger charge is 2.25. The van der Waals surface area contributed by atoms with Crippen LogP contribution in [0.15, 0.2) is 24.3 Å². The van der Waals surface area contributed by atoms with Gasteiger partial charge in [0, 0.05) is 45.8 Å². The first kappa shape index (κ1) is 17.9. The summed E-state index contributed by atoms with van der Waals surface area (Å²) in [6.07, 6.45) is 2.47. The van der Waals surface area contributed by atoms with Crippen molar-refractivity contribution in [2.24, 2.45) is 5.92 Å². The van der Waals surface area contributed by atoms with Crippen molar-refractivity contribution in [3.63, 3.8) is 0 Å². The Bertz CT molecular complexity index is 616. The van der Waals surface area contributed by atoms with E-state index in [0.717, 1.165) is 19.4 Å². The number of amides is 2. The second-order valence-electron chi connectivity index (χ2n) is 6.86. The molecule has 0 spiro atoms. The van der Waals surface area contributed by atoms with Crippen molar-refractivity contribution >= 4 is 11.8 Å². The smallest absolute Gasteiger partial charge is 0.227 e. The number of ether oxygens (including phenoxy) is 1. The highest BCUT2D eigenvalue weighted by molar-refractivity contribution is 5.79. The zero-order chi connectivity index (χ0) is 17.6. The molecule has 1 aromatic rings. The minimum absolute atomic E-state index is 0.0101. The largest absolute Gasteiger partial charge is 0.381 e. The second-order valence-corrected chi connectivity index (χ2v) is 6.86. The summed E-state index contributed by atoms with van der Waals surface area (Å²) in [6.45, 7) is 3.88. The Morgan fingerprint density at radius 3 is 2.56 bits per heavy atom. The Morgan fingerprint density at radius 2 is 1.88 bits per heavy atom. The SMILES string of the molecule is O=C(Cc1cccc(F)c1)N1CCCN(C(=O)C[C@@H]2CCOC2)CC1. The maximum absolute atomic E-state index is 13.3. The van der Waals surface area contributed by atoms with Gasteiger partial charge >= 0.3 is 0 Å². The van der Waals surface area contributed by atoms with Crippen LogP contribution < -0.4 is 0 Å². The number of carbonyl (C=O) groups excluding carboxylic acids is 2. The maximum Gasteiger partial charge on any atom is 0.227 e. The monoisotopic (exact) mass is 348 g/mol. The quantitative estimate of drug-likeness (QED) is 0.834. The van der Waals surface area contributed by atoms with Gasteiger partial charge in [-0.1, -0.05) is 12.1 Å². The van der Waals surface area contributed by atoms with Crippen LogP contribution in [-0.4, -0.2) is 61.0 Å². The number of benzene rings is 1. The Labute approximate surface area is 147 Å². The third-order valence-corrected chi connectivity index (χ3v) is 4.93. The molecule has 6 heteroatoms. The molecule has 0 aromatic heterocycles. The summed E-state index contributed by atoms with van der Waals surface area (Å²) in [4.78, 5) is 28.6. The van der Waals surface area contributed by atoms with Crippen LogP contribution in [0.5, 0.6) is 0 Å². The number of nitrogens with zero attached hydrogens (tertiary/aromatic N) is 2. The minimum Gasteiger partial charge on any atom is -0.381 e. The van der Waals surface area contributed by atoms with E-state index in [0.29, 0.717) is 50.7 Å². The Hall–Kier alpha value is -1.95. The van der Waals surface area contributed by atoms with Gasteiger partial charge in [0.25, 0.3) is 0 Å². The number of hydrogen-bond acceptors (Lipinski definition) is 3. The molecule has 2 aliphatic heterocycles. The average Bonchev–Trinajstić information content (AvgIpc) is 2.95. The molecule has 0 radical (unpaired) electrons. The summed E-state index contributed by atoms with van der Waals surface area (Å²) in [5, 5.41) is 0. The first-order valence-corrected chi connectivity index (χ1v) is 8.99. The zero-order valence-electron chi connectivity index (χ0n) is 14.5. The molecule has 0 N–H and O–H groups in total. The lowest BCUT2D eigenvalue weighted by atomic mass is 10.0. The summed E-state index contributed by atoms with van der Waals surface area (Å²) >= 11 is 0. The second kappa shape index (κ2) is 8.43. The zero-order valence-corrected chi connectivity index (χ0v) is 14.5. The summed E-state index contributed by atoms with van der Waals surface area (Å²) < 4.78 is 18.6. The van der Waals surface area contributed by atoms with Crippen LogP contribution in [0.25, 0.3) is 0 Å². The van der Waals surface area contributed by atoms with Crippen molar-refractivity contribution in [3.05, 3.63) is 35.6 Å². The molecule has 1 aromatic carbocycles. The molecule has 0 aliphatic carbocycles. The lowest BCUT2D eigenvalue weighted by molar-refractivity contribution is -0.133. The fourth-order valence-corrected chi connectivity index (χ4v) is 3.47. The van der Waals surface area contributed by atoms with Crippen molar-refractivity contribution < 1.29 is 18.7 Å². The highest BCUT2D eigenvalue weighted by Crippen LogP contribution is 2.18. The molecule has 2 heterocycles. The molecule has 2 fully saturated rings. The van der Waals surface area contributed by atoms with Crippen molar-refractivity contribution in [3.8, 4) is 0 Å². The Balaban J connectivity index is 1.50. The van der Waals surface area contributed by atoms with Crippen LogP contribution in [0, 0.1) is 11.7 Å². The van der Waals surface area contributed by atoms with Crippen molar-refractivity contribution in [1.82, 2.24) is 9.80 Å². The van der Waals surface area contributed by atoms with Gasteiger partial charge in [-0.15, -0.1) is 0 Å². The lowest BCUT2D eigenvalue weighted by Crippen LogP contribution is -2.38. The molecule has 0 saturated carbocycles. The highest BCUT2D eigenvalue weighted by atomic mass is 19.1. The van der Waals surface area contributed by atoms with Crippen LogP contribution in [0.4, 0.5) is 4.39 Å². The van der Waals surface area contributed by atoms with Crippen LogP contribution in [-0.2, 0) is 20.7 Å². The fraction of sp³-hybridized carbons (Fsp3) is 0.579. The van der Waals surface area contributed by atoms with Gasteiger partial charge in [0.15, 0.2) is 0 Å². The molecule has 136 valence electrons. The average molecular weight is 348 g/mol. The molecular weight excluding hydrogens is 323 g/mol. The van der Waals surface area contributed by atoms with Crippen LogP contribution in [0.3, 0.4) is 0 Å². The molecule has 1 atom stereocenters. The molecule has 2 saturated heterocycles. The number of rotatable bonds is 4. The molecule has 25 heavy (non-hydrogen) atoms. The lowest BCUT2D eigenvalue weighted by Gasteiger charge is -2.23. The molecule has 5 nitrogen and oxygen atoms in total. The first-order chi connectivity index (χ1) is 12.1. The molecule has 3 rings (SSSR count). The summed E-state index contributed by atoms with van der Waals surface area (Å²) in [6, 6.07) is 6.15. The fourth-order valence-electron chi connectivity index (χ4n) is 3.47. The molecule has 0 unspecified atom stereocenters. The van der Waals surface area contributed by atoms with Crippen molar-refractivity contribution in [2.75, 3.05) is 39.4 Å². The Morgan fingerprint density at radius 1 is 1.12 bits per heavy atom. The van der Waals surface area contributed by atoms with E-state index in [4.69, 9.17) is 4.74 Å². The van der Waals surface area contributed by atoms with Gasteiger partial charge in [0.1, 0.15) is 5.82 Å². The number of carbonyl (C=O) groups is 2. The van der Waals surface area contributed by atoms with E-state index in [1.165, 1.54) is 12.1 Å². The van der Waals surface area contributed by atoms with E-state index in [1.807, 2.05) is 4.90 Å². The van der Waals surface area contributed by atoms with E-state index < -0.39 is 0 Å². The molecular formula is C19H25FN2O3. The van der Waals surface area contributed by atoms with Gasteiger partial charge in [-0.25, -0.2) is 4.39 Å². The van der Waals surface area contributed by atoms with Gasteiger partial charge in [-0.2, -0.15) is 0 Å². The maximum atomic E-state index is 13.3. The third-order valence-electron chi connectivity index (χ3n) is 4.93. The van der Waals surface area contributed by atoms with Gasteiger partial charge < -0.3 is 14.5 Å². The van der Waals surface area contributed by atoms with Crippen molar-refractivity contribution in [2.45, 2.75) is 25.7 Å². The first-order valence-electron chi connectivity index (χ1n) is 8.99. The van der Waals surface area contributed by atoms with E-state index in [9.17, 15) is 14.0 Å². The minimum atomic E-state index is -0.325. The third kappa shape index (κ3) is 5.01. The summed E-state index contributed by atoms with van der Waals surface area (Å²) in [5.74, 6) is 0.161. The summed E-state index contributed by atoms with van der Waals surface area (Å²) in [5.41, 5.74) is 0.684. The standard InChI is InChI=1S/C19H25FN2O3/c20-17-4-1-3-15(11-17)12-18(23)21-6-2-7-22(9-8-21)19(24)13-16-5-10-25-14-16/h1,3-4,11,16H,2,5-10,12-14H2/t16-/m0/s1. The van der Waals surface area contributed by atoms with Crippen LogP contribution >= 0.6 is 0 Å². The number of hydrogen-bond donors (Lipinski definition) is 0. The van der Waals surface area contributed by atoms with Crippen LogP contribution in [0.2, 0.25) is 0 Å². The van der Waals surface area contributed by atoms with Gasteiger partial charge in [-0.05, 0) is 36.5 Å². The van der Waals surface area contributed by atoms with E-state index in [1.54, 1.807) is 17.0 Å². The van der Waals surface area contributed by atoms with Gasteiger partial charge in [0.05, 0.1) is 6.42 Å². The van der Waals surface area contributed by atoms with Crippen LogP contribution in [0.1, 0.15) is 24.8 Å². The summed E-state index contributed by atoms with van der Waals surface area (Å²) in [7, 11) is 0. The predicted octanol–water partition coefficient (Wildman–Crippen LogP) is 1.86. The van der Waals surface area contributed by atoms with Crippen molar-refractivity contribution in [1.29, 1.82) is 0 Å². The van der Waals surface area contributed by atoms with Gasteiger partial charge in [-0.3, -0.25) is 9.59 Å². The van der Waals surface area contributed by atoms with Gasteiger partial charge in [0.2, 0.25) is 11.8 Å². The predicted molar refractivity (Wildman–Crippen MR) is 91.4 cm³/mol. The molecule has 2 amide bonds. The molecule has 2 aliphatic rings.